The molecule has 27 heavy (non-hydrogen) atoms. The molecule has 6 heteroatoms. The van der Waals surface area contributed by atoms with E-state index in [4.69, 9.17) is 9.69 Å². The Balaban J connectivity index is 1.86. The smallest absolute Gasteiger partial charge is 0.191 e. The van der Waals surface area contributed by atoms with Crippen LogP contribution in [0.5, 0.6) is 0 Å². The van der Waals surface area contributed by atoms with Crippen molar-refractivity contribution in [3.63, 3.8) is 0 Å². The van der Waals surface area contributed by atoms with Gasteiger partial charge in [-0.05, 0) is 49.5 Å². The molecule has 0 radical (unpaired) electrons. The number of nitrogens with zero attached hydrogens (tertiary/aromatic N) is 3. The van der Waals surface area contributed by atoms with Crippen LogP contribution in [0.2, 0.25) is 18.1 Å². The van der Waals surface area contributed by atoms with Crippen LogP contribution in [-0.4, -0.2) is 24.5 Å². The maximum Gasteiger partial charge on any atom is 0.191 e. The summed E-state index contributed by atoms with van der Waals surface area (Å²) in [6, 6.07) is 6.56. The number of nitriles is 1. The Morgan fingerprint density at radius 3 is 2.63 bits per heavy atom. The van der Waals surface area contributed by atoms with Crippen molar-refractivity contribution in [1.82, 2.24) is 9.55 Å². The van der Waals surface area contributed by atoms with E-state index in [1.165, 1.54) is 6.07 Å². The minimum Gasteiger partial charge on any atom is -0.417 e. The van der Waals surface area contributed by atoms with Crippen molar-refractivity contribution in [1.29, 1.82) is 5.26 Å². The van der Waals surface area contributed by atoms with Crippen molar-refractivity contribution in [3.8, 4) is 6.07 Å². The molecule has 0 saturated carbocycles. The minimum absolute atomic E-state index is 0.233. The first-order valence-electron chi connectivity index (χ1n) is 9.45. The molecule has 0 bridgehead atoms. The van der Waals surface area contributed by atoms with E-state index in [1.54, 1.807) is 18.5 Å². The molecule has 0 atom stereocenters. The number of unbranched alkanes of at least 4 members (excludes halogenated alkanes) is 1. The quantitative estimate of drug-likeness (QED) is 0.457. The number of hydrogen-bond donors (Lipinski definition) is 0. The molecule has 1 aromatic heterocycles. The number of benzene rings is 1. The van der Waals surface area contributed by atoms with Gasteiger partial charge in [-0.25, -0.2) is 9.37 Å². The Morgan fingerprint density at radius 1 is 1.26 bits per heavy atom. The largest absolute Gasteiger partial charge is 0.417 e. The molecule has 0 saturated heterocycles. The standard InChI is InChI=1S/C21H30FN3OSi/c1-21(2,3)27(4,5)26-11-7-6-8-19-14-24-16-25(19)15-18-10-9-17(13-23)12-20(18)22/h9-10,12,14,16H,6-8,11,15H2,1-5H3. The molecule has 146 valence electrons. The molecule has 0 fully saturated rings. The van der Waals surface area contributed by atoms with Crippen LogP contribution in [-0.2, 0) is 17.4 Å². The van der Waals surface area contributed by atoms with E-state index >= 15 is 0 Å². The summed E-state index contributed by atoms with van der Waals surface area (Å²) in [6.07, 6.45) is 6.48. The number of imidazole rings is 1. The fourth-order valence-corrected chi connectivity index (χ4v) is 3.67. The van der Waals surface area contributed by atoms with Crippen molar-refractivity contribution >= 4 is 8.32 Å². The Kier molecular flexibility index (Phi) is 6.96. The molecule has 0 aliphatic heterocycles. The lowest BCUT2D eigenvalue weighted by Gasteiger charge is -2.36. The van der Waals surface area contributed by atoms with Gasteiger partial charge >= 0.3 is 0 Å². The highest BCUT2D eigenvalue weighted by Crippen LogP contribution is 2.36. The molecule has 4 nitrogen and oxygen atoms in total. The van der Waals surface area contributed by atoms with E-state index in [-0.39, 0.29) is 10.9 Å². The fourth-order valence-electron chi connectivity index (χ4n) is 2.58. The first kappa shape index (κ1) is 21.3. The van der Waals surface area contributed by atoms with Gasteiger partial charge in [0, 0.05) is 24.1 Å². The summed E-state index contributed by atoms with van der Waals surface area (Å²) >= 11 is 0. The lowest BCUT2D eigenvalue weighted by atomic mass is 10.1. The van der Waals surface area contributed by atoms with Gasteiger partial charge in [0.05, 0.1) is 24.5 Å². The van der Waals surface area contributed by atoms with Crippen molar-refractivity contribution in [2.75, 3.05) is 6.61 Å². The van der Waals surface area contributed by atoms with Gasteiger partial charge < -0.3 is 8.99 Å². The monoisotopic (exact) mass is 387 g/mol. The summed E-state index contributed by atoms with van der Waals surface area (Å²) in [5.41, 5.74) is 1.99. The second-order valence-electron chi connectivity index (χ2n) is 8.50. The third-order valence-electron chi connectivity index (χ3n) is 5.42. The van der Waals surface area contributed by atoms with Crippen LogP contribution >= 0.6 is 0 Å². The normalized spacial score (nSPS) is 12.2. The molecule has 2 rings (SSSR count). The molecule has 1 aromatic carbocycles. The predicted molar refractivity (Wildman–Crippen MR) is 109 cm³/mol. The third-order valence-corrected chi connectivity index (χ3v) is 9.96. The van der Waals surface area contributed by atoms with Crippen molar-refractivity contribution < 1.29 is 8.82 Å². The number of aromatic nitrogens is 2. The number of hydrogen-bond acceptors (Lipinski definition) is 3. The Hall–Kier alpha value is -1.97. The lowest BCUT2D eigenvalue weighted by molar-refractivity contribution is 0.279. The van der Waals surface area contributed by atoms with Gasteiger partial charge in [-0.2, -0.15) is 5.26 Å². The van der Waals surface area contributed by atoms with Gasteiger partial charge in [0.25, 0.3) is 0 Å². The molecular weight excluding hydrogens is 357 g/mol. The zero-order valence-corrected chi connectivity index (χ0v) is 18.1. The first-order chi connectivity index (χ1) is 12.6. The van der Waals surface area contributed by atoms with Gasteiger partial charge in [0.2, 0.25) is 0 Å². The van der Waals surface area contributed by atoms with Crippen molar-refractivity contribution in [3.05, 3.63) is 53.4 Å². The summed E-state index contributed by atoms with van der Waals surface area (Å²) in [5.74, 6) is -0.350. The SMILES string of the molecule is CC(C)(C)[Si](C)(C)OCCCCc1cncn1Cc1ccc(C#N)cc1F. The first-order valence-corrected chi connectivity index (χ1v) is 12.4. The van der Waals surface area contributed by atoms with Crippen molar-refractivity contribution in [2.45, 2.75) is 64.7 Å². The average molecular weight is 388 g/mol. The maximum atomic E-state index is 14.1. The van der Waals surface area contributed by atoms with Crippen LogP contribution in [0.15, 0.2) is 30.7 Å². The van der Waals surface area contributed by atoms with E-state index in [0.29, 0.717) is 17.7 Å². The summed E-state index contributed by atoms with van der Waals surface area (Å²) in [6.45, 7) is 12.5. The molecule has 0 N–H and O–H groups in total. The summed E-state index contributed by atoms with van der Waals surface area (Å²) in [4.78, 5) is 4.22. The van der Waals surface area contributed by atoms with E-state index in [2.05, 4.69) is 38.8 Å². The number of rotatable bonds is 8. The van der Waals surface area contributed by atoms with Gasteiger partial charge in [0.1, 0.15) is 5.82 Å². The fraction of sp³-hybridized carbons (Fsp3) is 0.524. The highest BCUT2D eigenvalue weighted by molar-refractivity contribution is 6.74. The molecule has 2 aromatic rings. The molecule has 0 aliphatic carbocycles. The van der Waals surface area contributed by atoms with Crippen LogP contribution in [0.4, 0.5) is 4.39 Å². The number of halogens is 1. The van der Waals surface area contributed by atoms with Gasteiger partial charge in [-0.1, -0.05) is 26.8 Å². The predicted octanol–water partition coefficient (Wildman–Crippen LogP) is 5.29. The van der Waals surface area contributed by atoms with Gasteiger partial charge in [-0.15, -0.1) is 0 Å². The highest BCUT2D eigenvalue weighted by atomic mass is 28.4. The number of aryl methyl sites for hydroxylation is 1. The zero-order chi connectivity index (χ0) is 20.1. The van der Waals surface area contributed by atoms with E-state index < -0.39 is 8.32 Å². The Bertz CT molecular complexity index is 802. The second-order valence-corrected chi connectivity index (χ2v) is 13.3. The summed E-state index contributed by atoms with van der Waals surface area (Å²) < 4.78 is 22.3. The summed E-state index contributed by atoms with van der Waals surface area (Å²) in [7, 11) is -1.68. The molecule has 0 aliphatic rings. The van der Waals surface area contributed by atoms with Crippen LogP contribution < -0.4 is 0 Å². The molecule has 0 spiro atoms. The average Bonchev–Trinajstić information content (AvgIpc) is 3.02. The van der Waals surface area contributed by atoms with E-state index in [1.807, 2.05) is 16.8 Å². The summed E-state index contributed by atoms with van der Waals surface area (Å²) in [5, 5.41) is 9.08. The van der Waals surface area contributed by atoms with Crippen molar-refractivity contribution in [2.24, 2.45) is 0 Å². The van der Waals surface area contributed by atoms with Gasteiger partial charge in [-0.3, -0.25) is 0 Å². The molecular formula is C21H30FN3OSi. The second kappa shape index (κ2) is 8.81. The molecule has 1 heterocycles. The van der Waals surface area contributed by atoms with Crippen LogP contribution in [0.25, 0.3) is 0 Å². The van der Waals surface area contributed by atoms with Crippen LogP contribution in [0, 0.1) is 17.1 Å². The minimum atomic E-state index is -1.68. The molecule has 0 unspecified atom stereocenters. The highest BCUT2D eigenvalue weighted by Gasteiger charge is 2.36. The topological polar surface area (TPSA) is 50.8 Å². The molecule has 0 amide bonds. The maximum absolute atomic E-state index is 14.1. The Morgan fingerprint density at radius 2 is 2.00 bits per heavy atom. The third kappa shape index (κ3) is 5.75. The lowest BCUT2D eigenvalue weighted by Crippen LogP contribution is -2.40. The van der Waals surface area contributed by atoms with E-state index in [0.717, 1.165) is 31.6 Å². The van der Waals surface area contributed by atoms with Crippen LogP contribution in [0.3, 0.4) is 0 Å². The zero-order valence-electron chi connectivity index (χ0n) is 17.1. The van der Waals surface area contributed by atoms with Crippen LogP contribution in [0.1, 0.15) is 50.4 Å². The van der Waals surface area contributed by atoms with Gasteiger partial charge in [0.15, 0.2) is 8.32 Å². The Labute approximate surface area is 163 Å². The van der Waals surface area contributed by atoms with E-state index in [9.17, 15) is 4.39 Å².